The zero-order chi connectivity index (χ0) is 9.97. The van der Waals surface area contributed by atoms with E-state index in [9.17, 15) is 4.79 Å². The lowest BCUT2D eigenvalue weighted by molar-refractivity contribution is -0.116. The topological polar surface area (TPSA) is 38.3 Å². The standard InChI is InChI=1S/C11H11NO2/c1-14-9-4-2-8(3-5-9)10-6-7-11(13)12-10/h2-7,10H,1H3,(H,12,13). The van der Waals surface area contributed by atoms with Crippen LogP contribution in [0.5, 0.6) is 5.75 Å². The summed E-state index contributed by atoms with van der Waals surface area (Å²) < 4.78 is 5.05. The summed E-state index contributed by atoms with van der Waals surface area (Å²) in [5, 5.41) is 2.82. The Kier molecular flexibility index (Phi) is 2.23. The van der Waals surface area contributed by atoms with Gasteiger partial charge in [0.1, 0.15) is 5.75 Å². The quantitative estimate of drug-likeness (QED) is 0.764. The fourth-order valence-electron chi connectivity index (χ4n) is 1.44. The number of methoxy groups -OCH3 is 1. The highest BCUT2D eigenvalue weighted by Crippen LogP contribution is 2.20. The van der Waals surface area contributed by atoms with Crippen LogP contribution in [0.2, 0.25) is 0 Å². The van der Waals surface area contributed by atoms with Crippen LogP contribution < -0.4 is 10.1 Å². The van der Waals surface area contributed by atoms with Gasteiger partial charge in [-0.3, -0.25) is 4.79 Å². The fourth-order valence-corrected chi connectivity index (χ4v) is 1.44. The van der Waals surface area contributed by atoms with Gasteiger partial charge in [-0.1, -0.05) is 18.2 Å². The van der Waals surface area contributed by atoms with Gasteiger partial charge in [-0.05, 0) is 17.7 Å². The van der Waals surface area contributed by atoms with Crippen molar-refractivity contribution in [2.24, 2.45) is 0 Å². The Morgan fingerprint density at radius 1 is 1.29 bits per heavy atom. The Labute approximate surface area is 82.4 Å². The smallest absolute Gasteiger partial charge is 0.244 e. The second kappa shape index (κ2) is 3.54. The highest BCUT2D eigenvalue weighted by atomic mass is 16.5. The largest absolute Gasteiger partial charge is 0.497 e. The number of nitrogens with one attached hydrogen (secondary N) is 1. The molecule has 3 heteroatoms. The minimum Gasteiger partial charge on any atom is -0.497 e. The van der Waals surface area contributed by atoms with Crippen molar-refractivity contribution in [1.29, 1.82) is 0 Å². The van der Waals surface area contributed by atoms with Crippen molar-refractivity contribution < 1.29 is 9.53 Å². The average molecular weight is 189 g/mol. The molecule has 1 aliphatic rings. The van der Waals surface area contributed by atoms with Gasteiger partial charge in [-0.25, -0.2) is 0 Å². The van der Waals surface area contributed by atoms with E-state index in [0.717, 1.165) is 11.3 Å². The van der Waals surface area contributed by atoms with Gasteiger partial charge in [0, 0.05) is 6.08 Å². The second-order valence-corrected chi connectivity index (χ2v) is 3.12. The molecule has 0 aromatic heterocycles. The number of rotatable bonds is 2. The maximum atomic E-state index is 10.9. The van der Waals surface area contributed by atoms with Crippen molar-refractivity contribution in [1.82, 2.24) is 5.32 Å². The highest BCUT2D eigenvalue weighted by Gasteiger charge is 2.15. The molecule has 1 atom stereocenters. The number of benzene rings is 1. The van der Waals surface area contributed by atoms with E-state index >= 15 is 0 Å². The highest BCUT2D eigenvalue weighted by molar-refractivity contribution is 5.90. The summed E-state index contributed by atoms with van der Waals surface area (Å²) in [5.74, 6) is 0.785. The molecule has 0 saturated carbocycles. The van der Waals surface area contributed by atoms with E-state index in [0.29, 0.717) is 0 Å². The predicted octanol–water partition coefficient (Wildman–Crippen LogP) is 1.42. The predicted molar refractivity (Wildman–Crippen MR) is 53.0 cm³/mol. The van der Waals surface area contributed by atoms with Crippen LogP contribution in [0.3, 0.4) is 0 Å². The molecule has 0 fully saturated rings. The zero-order valence-corrected chi connectivity index (χ0v) is 7.86. The summed E-state index contributed by atoms with van der Waals surface area (Å²) in [6.07, 6.45) is 3.40. The lowest BCUT2D eigenvalue weighted by atomic mass is 10.1. The van der Waals surface area contributed by atoms with E-state index < -0.39 is 0 Å². The van der Waals surface area contributed by atoms with Crippen LogP contribution >= 0.6 is 0 Å². The van der Waals surface area contributed by atoms with Crippen molar-refractivity contribution in [3.05, 3.63) is 42.0 Å². The van der Waals surface area contributed by atoms with Crippen LogP contribution in [0.1, 0.15) is 11.6 Å². The van der Waals surface area contributed by atoms with Crippen molar-refractivity contribution in [3.63, 3.8) is 0 Å². The van der Waals surface area contributed by atoms with Gasteiger partial charge >= 0.3 is 0 Å². The lowest BCUT2D eigenvalue weighted by Crippen LogP contribution is -2.19. The molecule has 0 radical (unpaired) electrons. The monoisotopic (exact) mass is 189 g/mol. The molecule has 1 aromatic carbocycles. The van der Waals surface area contributed by atoms with Gasteiger partial charge in [0.2, 0.25) is 5.91 Å². The van der Waals surface area contributed by atoms with Crippen LogP contribution in [-0.2, 0) is 4.79 Å². The van der Waals surface area contributed by atoms with Gasteiger partial charge in [0.05, 0.1) is 13.2 Å². The Balaban J connectivity index is 2.17. The average Bonchev–Trinajstić information content (AvgIpc) is 2.65. The second-order valence-electron chi connectivity index (χ2n) is 3.12. The number of hydrogen-bond acceptors (Lipinski definition) is 2. The normalized spacial score (nSPS) is 19.5. The number of carbonyl (C=O) groups excluding carboxylic acids is 1. The first kappa shape index (κ1) is 8.81. The Hall–Kier alpha value is -1.77. The molecule has 1 unspecified atom stereocenters. The van der Waals surface area contributed by atoms with E-state index in [2.05, 4.69) is 5.32 Å². The van der Waals surface area contributed by atoms with Crippen LogP contribution in [0.25, 0.3) is 0 Å². The van der Waals surface area contributed by atoms with E-state index in [1.807, 2.05) is 30.3 Å². The maximum absolute atomic E-state index is 10.9. The molecule has 2 rings (SSSR count). The summed E-state index contributed by atoms with van der Waals surface area (Å²) in [7, 11) is 1.63. The van der Waals surface area contributed by atoms with Gasteiger partial charge in [-0.15, -0.1) is 0 Å². The molecule has 3 nitrogen and oxygen atoms in total. The minimum absolute atomic E-state index is 0.00778. The van der Waals surface area contributed by atoms with Gasteiger partial charge < -0.3 is 10.1 Å². The Morgan fingerprint density at radius 3 is 2.50 bits per heavy atom. The van der Waals surface area contributed by atoms with E-state index in [1.54, 1.807) is 13.2 Å². The Bertz CT molecular complexity index is 367. The van der Waals surface area contributed by atoms with Gasteiger partial charge in [-0.2, -0.15) is 0 Å². The summed E-state index contributed by atoms with van der Waals surface area (Å²) >= 11 is 0. The molecule has 14 heavy (non-hydrogen) atoms. The molecular weight excluding hydrogens is 178 g/mol. The molecule has 72 valence electrons. The molecular formula is C11H11NO2. The van der Waals surface area contributed by atoms with Crippen molar-refractivity contribution in [2.75, 3.05) is 7.11 Å². The molecule has 1 aromatic rings. The number of amides is 1. The van der Waals surface area contributed by atoms with Gasteiger partial charge in [0.15, 0.2) is 0 Å². The van der Waals surface area contributed by atoms with Crippen LogP contribution in [-0.4, -0.2) is 13.0 Å². The van der Waals surface area contributed by atoms with Gasteiger partial charge in [0.25, 0.3) is 0 Å². The number of hydrogen-bond donors (Lipinski definition) is 1. The molecule has 1 aliphatic heterocycles. The van der Waals surface area contributed by atoms with E-state index in [-0.39, 0.29) is 11.9 Å². The maximum Gasteiger partial charge on any atom is 0.244 e. The van der Waals surface area contributed by atoms with E-state index in [1.165, 1.54) is 0 Å². The van der Waals surface area contributed by atoms with Crippen molar-refractivity contribution >= 4 is 5.91 Å². The summed E-state index contributed by atoms with van der Waals surface area (Å²) in [5.41, 5.74) is 1.06. The van der Waals surface area contributed by atoms with Crippen molar-refractivity contribution in [2.45, 2.75) is 6.04 Å². The molecule has 0 bridgehead atoms. The number of ether oxygens (including phenoxy) is 1. The summed E-state index contributed by atoms with van der Waals surface area (Å²) in [6, 6.07) is 7.66. The summed E-state index contributed by atoms with van der Waals surface area (Å²) in [4.78, 5) is 10.9. The van der Waals surface area contributed by atoms with E-state index in [4.69, 9.17) is 4.74 Å². The number of carbonyl (C=O) groups is 1. The minimum atomic E-state index is -0.0363. The molecule has 0 saturated heterocycles. The molecule has 1 N–H and O–H groups in total. The van der Waals surface area contributed by atoms with Crippen LogP contribution in [0.15, 0.2) is 36.4 Å². The first-order valence-corrected chi connectivity index (χ1v) is 4.42. The third kappa shape index (κ3) is 1.62. The zero-order valence-electron chi connectivity index (χ0n) is 7.86. The summed E-state index contributed by atoms with van der Waals surface area (Å²) in [6.45, 7) is 0. The first-order valence-electron chi connectivity index (χ1n) is 4.42. The third-order valence-corrected chi connectivity index (χ3v) is 2.21. The molecule has 0 aliphatic carbocycles. The Morgan fingerprint density at radius 2 is 2.00 bits per heavy atom. The van der Waals surface area contributed by atoms with Crippen LogP contribution in [0.4, 0.5) is 0 Å². The van der Waals surface area contributed by atoms with Crippen molar-refractivity contribution in [3.8, 4) is 5.75 Å². The molecule has 1 heterocycles. The van der Waals surface area contributed by atoms with Crippen LogP contribution in [0, 0.1) is 0 Å². The fraction of sp³-hybridized carbons (Fsp3) is 0.182. The first-order chi connectivity index (χ1) is 6.79. The molecule has 0 spiro atoms. The third-order valence-electron chi connectivity index (χ3n) is 2.21. The SMILES string of the molecule is COc1ccc(C2C=CC(=O)N2)cc1. The molecule has 1 amide bonds. The lowest BCUT2D eigenvalue weighted by Gasteiger charge is -2.09.